The van der Waals surface area contributed by atoms with Gasteiger partial charge in [-0.1, -0.05) is 0 Å². The van der Waals surface area contributed by atoms with Crippen molar-refractivity contribution in [2.75, 3.05) is 19.0 Å². The van der Waals surface area contributed by atoms with Crippen LogP contribution in [0.15, 0.2) is 23.2 Å². The second kappa shape index (κ2) is 5.18. The van der Waals surface area contributed by atoms with Crippen LogP contribution in [-0.2, 0) is 4.79 Å². The van der Waals surface area contributed by atoms with Crippen molar-refractivity contribution < 1.29 is 14.7 Å². The number of Topliss-reactive ketones (excluding diaryl/α,β-unsaturated/α-hetero) is 1. The fourth-order valence-electron chi connectivity index (χ4n) is 1.68. The predicted octanol–water partition coefficient (Wildman–Crippen LogP) is 1.77. The van der Waals surface area contributed by atoms with Gasteiger partial charge in [0.2, 0.25) is 0 Å². The summed E-state index contributed by atoms with van der Waals surface area (Å²) >= 11 is 0. The van der Waals surface area contributed by atoms with Crippen molar-refractivity contribution in [2.45, 2.75) is 0 Å². The summed E-state index contributed by atoms with van der Waals surface area (Å²) in [6.45, 7) is 0. The van der Waals surface area contributed by atoms with Gasteiger partial charge in [0.25, 0.3) is 0 Å². The molecule has 0 saturated carbocycles. The molecular formula is C12H13ClN2O3. The summed E-state index contributed by atoms with van der Waals surface area (Å²) in [5, 5.41) is 8.86. The fourth-order valence-corrected chi connectivity index (χ4v) is 1.68. The van der Waals surface area contributed by atoms with Gasteiger partial charge < -0.3 is 10.0 Å². The Morgan fingerprint density at radius 1 is 1.39 bits per heavy atom. The molecule has 1 aliphatic rings. The minimum absolute atomic E-state index is 0. The van der Waals surface area contributed by atoms with E-state index in [1.807, 2.05) is 19.0 Å². The molecule has 0 saturated heterocycles. The van der Waals surface area contributed by atoms with E-state index in [4.69, 9.17) is 5.11 Å². The monoisotopic (exact) mass is 268 g/mol. The van der Waals surface area contributed by atoms with Gasteiger partial charge in [-0.3, -0.25) is 14.6 Å². The number of aliphatic imine (C=N–C) groups is 1. The van der Waals surface area contributed by atoms with Crippen LogP contribution in [0.4, 0.5) is 11.4 Å². The number of fused-ring (bicyclic) bond motifs is 1. The van der Waals surface area contributed by atoms with Gasteiger partial charge in [-0.15, -0.1) is 12.4 Å². The number of ketones is 1. The van der Waals surface area contributed by atoms with Crippen LogP contribution in [0.25, 0.3) is 0 Å². The van der Waals surface area contributed by atoms with E-state index in [9.17, 15) is 9.59 Å². The number of carboxylic acids is 1. The zero-order valence-corrected chi connectivity index (χ0v) is 10.8. The largest absolute Gasteiger partial charge is 0.480 e. The molecule has 5 nitrogen and oxygen atoms in total. The molecule has 1 atom stereocenters. The summed E-state index contributed by atoms with van der Waals surface area (Å²) in [5.41, 5.74) is 1.81. The molecule has 1 aromatic rings. The van der Waals surface area contributed by atoms with Gasteiger partial charge in [-0.25, -0.2) is 0 Å². The first-order valence-electron chi connectivity index (χ1n) is 5.13. The first-order chi connectivity index (χ1) is 8.00. The van der Waals surface area contributed by atoms with E-state index >= 15 is 0 Å². The Bertz CT molecular complexity index is 526. The minimum atomic E-state index is -1.17. The summed E-state index contributed by atoms with van der Waals surface area (Å²) in [6.07, 6.45) is 1.19. The Morgan fingerprint density at radius 2 is 2.06 bits per heavy atom. The second-order valence-electron chi connectivity index (χ2n) is 4.05. The maximum Gasteiger partial charge on any atom is 0.319 e. The smallest absolute Gasteiger partial charge is 0.319 e. The lowest BCUT2D eigenvalue weighted by Gasteiger charge is -2.18. The number of hydrogen-bond acceptors (Lipinski definition) is 4. The molecule has 0 aromatic heterocycles. The average molecular weight is 269 g/mol. The molecule has 6 heteroatoms. The molecule has 1 N–H and O–H groups in total. The number of carboxylic acid groups (broad SMARTS) is 1. The number of aliphatic carboxylic acids is 1. The van der Waals surface area contributed by atoms with Crippen LogP contribution in [0.1, 0.15) is 10.4 Å². The van der Waals surface area contributed by atoms with Crippen molar-refractivity contribution in [2.24, 2.45) is 10.9 Å². The first kappa shape index (κ1) is 14.2. The molecule has 96 valence electrons. The number of rotatable bonds is 2. The van der Waals surface area contributed by atoms with Gasteiger partial charge in [0, 0.05) is 31.6 Å². The number of benzene rings is 1. The number of anilines is 1. The lowest BCUT2D eigenvalue weighted by atomic mass is 9.94. The second-order valence-corrected chi connectivity index (χ2v) is 4.05. The van der Waals surface area contributed by atoms with Crippen LogP contribution in [-0.4, -0.2) is 37.2 Å². The quantitative estimate of drug-likeness (QED) is 0.830. The lowest BCUT2D eigenvalue weighted by molar-refractivity contribution is -0.137. The van der Waals surface area contributed by atoms with Crippen molar-refractivity contribution in [1.29, 1.82) is 0 Å². The van der Waals surface area contributed by atoms with Crippen LogP contribution in [0.2, 0.25) is 0 Å². The van der Waals surface area contributed by atoms with Gasteiger partial charge in [-0.2, -0.15) is 0 Å². The Labute approximate surface area is 111 Å². The maximum absolute atomic E-state index is 11.9. The lowest BCUT2D eigenvalue weighted by Crippen LogP contribution is -2.27. The summed E-state index contributed by atoms with van der Waals surface area (Å²) in [5.74, 6) is -2.73. The van der Waals surface area contributed by atoms with Gasteiger partial charge in [0.15, 0.2) is 11.7 Å². The van der Waals surface area contributed by atoms with Crippen LogP contribution in [0.3, 0.4) is 0 Å². The summed E-state index contributed by atoms with van der Waals surface area (Å²) in [7, 11) is 3.77. The van der Waals surface area contributed by atoms with E-state index in [1.165, 1.54) is 6.21 Å². The number of halogens is 1. The van der Waals surface area contributed by atoms with Gasteiger partial charge in [0.05, 0.1) is 5.69 Å². The van der Waals surface area contributed by atoms with Crippen molar-refractivity contribution in [3.8, 4) is 0 Å². The van der Waals surface area contributed by atoms with Crippen LogP contribution >= 0.6 is 12.4 Å². The molecule has 0 spiro atoms. The van der Waals surface area contributed by atoms with E-state index in [0.29, 0.717) is 11.3 Å². The maximum atomic E-state index is 11.9. The highest BCUT2D eigenvalue weighted by Gasteiger charge is 2.30. The zero-order valence-electron chi connectivity index (χ0n) is 9.95. The van der Waals surface area contributed by atoms with E-state index in [0.717, 1.165) is 5.69 Å². The van der Waals surface area contributed by atoms with Crippen LogP contribution in [0, 0.1) is 5.92 Å². The van der Waals surface area contributed by atoms with Crippen molar-refractivity contribution in [1.82, 2.24) is 0 Å². The van der Waals surface area contributed by atoms with E-state index in [2.05, 4.69) is 4.99 Å². The molecule has 2 rings (SSSR count). The highest BCUT2D eigenvalue weighted by atomic mass is 35.5. The summed E-state index contributed by atoms with van der Waals surface area (Å²) in [4.78, 5) is 28.6. The third-order valence-electron chi connectivity index (χ3n) is 2.67. The molecule has 0 fully saturated rings. The van der Waals surface area contributed by atoms with Gasteiger partial charge >= 0.3 is 5.97 Å². The zero-order chi connectivity index (χ0) is 12.6. The molecule has 1 unspecified atom stereocenters. The highest BCUT2D eigenvalue weighted by Crippen LogP contribution is 2.30. The van der Waals surface area contributed by atoms with Crippen LogP contribution < -0.4 is 4.90 Å². The number of carbonyl (C=O) groups is 2. The highest BCUT2D eigenvalue weighted by molar-refractivity contribution is 6.22. The van der Waals surface area contributed by atoms with Crippen molar-refractivity contribution in [3.05, 3.63) is 23.8 Å². The normalized spacial score (nSPS) is 16.8. The van der Waals surface area contributed by atoms with Crippen LogP contribution in [0.5, 0.6) is 0 Å². The predicted molar refractivity (Wildman–Crippen MR) is 71.6 cm³/mol. The molecule has 1 aromatic carbocycles. The number of carbonyl (C=O) groups excluding carboxylic acids is 1. The molecule has 1 aliphatic heterocycles. The summed E-state index contributed by atoms with van der Waals surface area (Å²) in [6, 6.07) is 5.16. The molecule has 18 heavy (non-hydrogen) atoms. The third kappa shape index (κ3) is 2.36. The van der Waals surface area contributed by atoms with Crippen molar-refractivity contribution >= 4 is 41.7 Å². The Balaban J connectivity index is 0.00000162. The average Bonchev–Trinajstić information content (AvgIpc) is 2.28. The number of hydrogen-bond donors (Lipinski definition) is 1. The van der Waals surface area contributed by atoms with Gasteiger partial charge in [-0.05, 0) is 18.2 Å². The SMILES string of the molecule is CN(C)c1ccc2c(c1)N=CC(C(=O)O)C2=O.Cl. The Hall–Kier alpha value is -1.88. The molecule has 1 heterocycles. The van der Waals surface area contributed by atoms with E-state index in [1.54, 1.807) is 18.2 Å². The molecular weight excluding hydrogens is 256 g/mol. The molecule has 0 amide bonds. The standard InChI is InChI=1S/C12H12N2O3.ClH/c1-14(2)7-3-4-8-10(5-7)13-6-9(11(8)15)12(16)17;/h3-6,9H,1-2H3,(H,16,17);1H. The summed E-state index contributed by atoms with van der Waals surface area (Å²) < 4.78 is 0. The van der Waals surface area contributed by atoms with E-state index in [-0.39, 0.29) is 12.4 Å². The topological polar surface area (TPSA) is 70.0 Å². The molecule has 0 aliphatic carbocycles. The molecule has 0 bridgehead atoms. The Kier molecular flexibility index (Phi) is 4.08. The first-order valence-corrected chi connectivity index (χ1v) is 5.13. The fraction of sp³-hybridized carbons (Fsp3) is 0.250. The minimum Gasteiger partial charge on any atom is -0.480 e. The number of nitrogens with zero attached hydrogens (tertiary/aromatic N) is 2. The van der Waals surface area contributed by atoms with E-state index < -0.39 is 17.7 Å². The molecule has 0 radical (unpaired) electrons. The van der Waals surface area contributed by atoms with Gasteiger partial charge in [0.1, 0.15) is 0 Å². The van der Waals surface area contributed by atoms with Crippen molar-refractivity contribution in [3.63, 3.8) is 0 Å². The third-order valence-corrected chi connectivity index (χ3v) is 2.67. The Morgan fingerprint density at radius 3 is 2.61 bits per heavy atom.